The predicted molar refractivity (Wildman–Crippen MR) is 92.2 cm³/mol. The Morgan fingerprint density at radius 2 is 1.64 bits per heavy atom. The molecule has 3 aliphatic heterocycles. The van der Waals surface area contributed by atoms with Crippen molar-refractivity contribution in [2.24, 2.45) is 0 Å². The summed E-state index contributed by atoms with van der Waals surface area (Å²) in [7, 11) is 0. The number of likely N-dealkylation sites (tertiary alicyclic amines) is 2. The summed E-state index contributed by atoms with van der Waals surface area (Å²) < 4.78 is 0. The molecule has 3 amide bonds. The molecule has 4 rings (SSSR count). The van der Waals surface area contributed by atoms with E-state index in [9.17, 15) is 14.4 Å². The Balaban J connectivity index is 1.46. The van der Waals surface area contributed by atoms with Gasteiger partial charge in [0.25, 0.3) is 11.8 Å². The normalized spacial score (nSPS) is 24.9. The third-order valence-electron chi connectivity index (χ3n) is 5.70. The lowest BCUT2D eigenvalue weighted by Gasteiger charge is -2.28. The van der Waals surface area contributed by atoms with Gasteiger partial charge in [0, 0.05) is 19.1 Å². The van der Waals surface area contributed by atoms with Crippen LogP contribution in [0.2, 0.25) is 0 Å². The molecule has 132 valence electrons. The molecule has 0 saturated carbocycles. The van der Waals surface area contributed by atoms with Gasteiger partial charge in [-0.2, -0.15) is 0 Å². The van der Waals surface area contributed by atoms with E-state index in [1.807, 2.05) is 4.90 Å². The lowest BCUT2D eigenvalue weighted by Crippen LogP contribution is -2.49. The van der Waals surface area contributed by atoms with Crippen LogP contribution in [0.3, 0.4) is 0 Å². The van der Waals surface area contributed by atoms with Crippen molar-refractivity contribution in [3.63, 3.8) is 0 Å². The van der Waals surface area contributed by atoms with Crippen LogP contribution in [0.25, 0.3) is 0 Å². The molecule has 25 heavy (non-hydrogen) atoms. The van der Waals surface area contributed by atoms with E-state index in [4.69, 9.17) is 0 Å². The van der Waals surface area contributed by atoms with E-state index in [-0.39, 0.29) is 17.7 Å². The summed E-state index contributed by atoms with van der Waals surface area (Å²) in [6, 6.07) is 6.42. The Morgan fingerprint density at radius 3 is 2.24 bits per heavy atom. The highest BCUT2D eigenvalue weighted by atomic mass is 16.2. The zero-order chi connectivity index (χ0) is 17.6. The average molecular weight is 341 g/mol. The molecule has 6 nitrogen and oxygen atoms in total. The van der Waals surface area contributed by atoms with E-state index in [1.54, 1.807) is 31.2 Å². The summed E-state index contributed by atoms with van der Waals surface area (Å²) in [5.41, 5.74) is 0.784. The van der Waals surface area contributed by atoms with Crippen LogP contribution in [-0.4, -0.2) is 70.7 Å². The maximum Gasteiger partial charge on any atom is 0.262 e. The fourth-order valence-corrected chi connectivity index (χ4v) is 4.28. The summed E-state index contributed by atoms with van der Waals surface area (Å²) >= 11 is 0. The number of nitrogens with zero attached hydrogens (tertiary/aromatic N) is 3. The molecule has 2 fully saturated rings. The summed E-state index contributed by atoms with van der Waals surface area (Å²) in [6.07, 6.45) is 3.44. The molecule has 3 aliphatic rings. The minimum atomic E-state index is -0.760. The topological polar surface area (TPSA) is 60.9 Å². The van der Waals surface area contributed by atoms with Crippen molar-refractivity contribution in [3.8, 4) is 0 Å². The van der Waals surface area contributed by atoms with Gasteiger partial charge in [-0.3, -0.25) is 24.2 Å². The van der Waals surface area contributed by atoms with Crippen molar-refractivity contribution in [2.75, 3.05) is 26.2 Å². The number of fused-ring (bicyclic) bond motifs is 1. The third kappa shape index (κ3) is 2.65. The molecule has 0 bridgehead atoms. The van der Waals surface area contributed by atoms with E-state index in [1.165, 1.54) is 12.8 Å². The second-order valence-corrected chi connectivity index (χ2v) is 7.17. The number of hydrogen-bond acceptors (Lipinski definition) is 4. The smallest absolute Gasteiger partial charge is 0.262 e. The maximum atomic E-state index is 12.9. The molecule has 3 heterocycles. The van der Waals surface area contributed by atoms with Gasteiger partial charge >= 0.3 is 0 Å². The molecule has 2 atom stereocenters. The van der Waals surface area contributed by atoms with Crippen LogP contribution in [0.1, 0.15) is 46.9 Å². The second kappa shape index (κ2) is 6.26. The quantitative estimate of drug-likeness (QED) is 0.779. The lowest BCUT2D eigenvalue weighted by atomic mass is 10.1. The molecule has 6 heteroatoms. The van der Waals surface area contributed by atoms with Gasteiger partial charge < -0.3 is 4.90 Å². The zero-order valence-electron chi connectivity index (χ0n) is 14.5. The number of rotatable bonds is 3. The predicted octanol–water partition coefficient (Wildman–Crippen LogP) is 1.37. The number of imide groups is 1. The molecule has 2 saturated heterocycles. The average Bonchev–Trinajstić information content (AvgIpc) is 3.35. The second-order valence-electron chi connectivity index (χ2n) is 7.17. The van der Waals surface area contributed by atoms with Gasteiger partial charge in [-0.05, 0) is 51.4 Å². The van der Waals surface area contributed by atoms with E-state index in [0.717, 1.165) is 24.4 Å². The van der Waals surface area contributed by atoms with Crippen molar-refractivity contribution in [3.05, 3.63) is 35.4 Å². The molecular weight excluding hydrogens is 318 g/mol. The number of carbonyl (C=O) groups is 3. The first-order chi connectivity index (χ1) is 12.1. The Kier molecular flexibility index (Phi) is 4.07. The van der Waals surface area contributed by atoms with Gasteiger partial charge in [0.2, 0.25) is 5.91 Å². The number of benzene rings is 1. The highest BCUT2D eigenvalue weighted by molar-refractivity contribution is 6.22. The molecule has 0 N–H and O–H groups in total. The van der Waals surface area contributed by atoms with Crippen molar-refractivity contribution in [1.82, 2.24) is 14.7 Å². The number of carbonyl (C=O) groups excluding carboxylic acids is 3. The van der Waals surface area contributed by atoms with Gasteiger partial charge in [0.05, 0.1) is 11.1 Å². The molecule has 0 aromatic heterocycles. The van der Waals surface area contributed by atoms with Gasteiger partial charge in [-0.1, -0.05) is 12.1 Å². The Morgan fingerprint density at radius 1 is 1.04 bits per heavy atom. The molecule has 0 aliphatic carbocycles. The van der Waals surface area contributed by atoms with Crippen molar-refractivity contribution in [1.29, 1.82) is 0 Å². The van der Waals surface area contributed by atoms with E-state index >= 15 is 0 Å². The first-order valence-electron chi connectivity index (χ1n) is 9.07. The van der Waals surface area contributed by atoms with Crippen LogP contribution in [0.5, 0.6) is 0 Å². The first kappa shape index (κ1) is 16.3. The van der Waals surface area contributed by atoms with Crippen molar-refractivity contribution >= 4 is 17.7 Å². The minimum Gasteiger partial charge on any atom is -0.339 e. The highest BCUT2D eigenvalue weighted by Crippen LogP contribution is 2.26. The molecule has 2 unspecified atom stereocenters. The first-order valence-corrected chi connectivity index (χ1v) is 9.07. The van der Waals surface area contributed by atoms with Crippen LogP contribution >= 0.6 is 0 Å². The van der Waals surface area contributed by atoms with Crippen LogP contribution in [0.4, 0.5) is 0 Å². The molecule has 0 spiro atoms. The summed E-state index contributed by atoms with van der Waals surface area (Å²) in [4.78, 5) is 43.4. The monoisotopic (exact) mass is 341 g/mol. The van der Waals surface area contributed by atoms with Gasteiger partial charge in [0.15, 0.2) is 0 Å². The SMILES string of the molecule is CC(C(=O)N1CCC(N2CCCC2)C1)N1C(=O)c2ccccc2C1=O. The Labute approximate surface area is 147 Å². The maximum absolute atomic E-state index is 12.9. The van der Waals surface area contributed by atoms with Crippen molar-refractivity contribution < 1.29 is 14.4 Å². The van der Waals surface area contributed by atoms with Crippen LogP contribution in [0, 0.1) is 0 Å². The molecular formula is C19H23N3O3. The van der Waals surface area contributed by atoms with Gasteiger partial charge in [-0.15, -0.1) is 0 Å². The summed E-state index contributed by atoms with van der Waals surface area (Å²) in [6.45, 7) is 5.29. The largest absolute Gasteiger partial charge is 0.339 e. The Bertz CT molecular complexity index is 691. The molecule has 1 aromatic rings. The fraction of sp³-hybridized carbons (Fsp3) is 0.526. The van der Waals surface area contributed by atoms with Gasteiger partial charge in [-0.25, -0.2) is 0 Å². The van der Waals surface area contributed by atoms with E-state index in [0.29, 0.717) is 30.3 Å². The standard InChI is InChI=1S/C19H23N3O3/c1-13(22-18(24)15-6-2-3-7-16(15)19(22)25)17(23)21-11-8-14(12-21)20-9-4-5-10-20/h2-3,6-7,13-14H,4-5,8-12H2,1H3. The fourth-order valence-electron chi connectivity index (χ4n) is 4.28. The minimum absolute atomic E-state index is 0.129. The number of amides is 3. The Hall–Kier alpha value is -2.21. The van der Waals surface area contributed by atoms with Gasteiger partial charge in [0.1, 0.15) is 6.04 Å². The molecule has 0 radical (unpaired) electrons. The van der Waals surface area contributed by atoms with Crippen molar-refractivity contribution in [2.45, 2.75) is 38.3 Å². The summed E-state index contributed by atoms with van der Waals surface area (Å²) in [5.74, 6) is -0.857. The summed E-state index contributed by atoms with van der Waals surface area (Å²) in [5, 5.41) is 0. The van der Waals surface area contributed by atoms with Crippen LogP contribution in [-0.2, 0) is 4.79 Å². The lowest BCUT2D eigenvalue weighted by molar-refractivity contribution is -0.134. The molecule has 1 aromatic carbocycles. The van der Waals surface area contributed by atoms with E-state index < -0.39 is 6.04 Å². The highest BCUT2D eigenvalue weighted by Gasteiger charge is 2.43. The van der Waals surface area contributed by atoms with Crippen LogP contribution < -0.4 is 0 Å². The van der Waals surface area contributed by atoms with Crippen LogP contribution in [0.15, 0.2) is 24.3 Å². The zero-order valence-corrected chi connectivity index (χ0v) is 14.5. The third-order valence-corrected chi connectivity index (χ3v) is 5.70. The number of hydrogen-bond donors (Lipinski definition) is 0. The van der Waals surface area contributed by atoms with E-state index in [2.05, 4.69) is 4.90 Å².